The SMILES string of the molecule is CS(=O)(=O)CC(=O)N1CCNCC1C(N)=O. The maximum atomic E-state index is 11.6. The molecule has 92 valence electrons. The third-order valence-corrected chi connectivity index (χ3v) is 3.05. The van der Waals surface area contributed by atoms with Gasteiger partial charge in [-0.3, -0.25) is 9.59 Å². The molecule has 0 bridgehead atoms. The Kier molecular flexibility index (Phi) is 3.87. The zero-order valence-corrected chi connectivity index (χ0v) is 9.79. The zero-order valence-electron chi connectivity index (χ0n) is 8.97. The predicted octanol–water partition coefficient (Wildman–Crippen LogP) is -2.68. The van der Waals surface area contributed by atoms with E-state index in [0.29, 0.717) is 13.1 Å². The normalized spacial score (nSPS) is 21.8. The molecule has 3 N–H and O–H groups in total. The standard InChI is InChI=1S/C8H15N3O4S/c1-16(14,15)5-7(12)11-3-2-10-4-6(11)8(9)13/h6,10H,2-5H2,1H3,(H2,9,13). The van der Waals surface area contributed by atoms with E-state index in [1.807, 2.05) is 0 Å². The molecule has 1 saturated heterocycles. The first-order valence-corrected chi connectivity index (χ1v) is 6.84. The fourth-order valence-corrected chi connectivity index (χ4v) is 2.18. The number of sulfone groups is 1. The van der Waals surface area contributed by atoms with Gasteiger partial charge in [-0.1, -0.05) is 0 Å². The highest BCUT2D eigenvalue weighted by atomic mass is 32.2. The van der Waals surface area contributed by atoms with E-state index in [-0.39, 0.29) is 6.54 Å². The van der Waals surface area contributed by atoms with Crippen molar-refractivity contribution in [3.63, 3.8) is 0 Å². The molecule has 0 aromatic heterocycles. The fraction of sp³-hybridized carbons (Fsp3) is 0.750. The van der Waals surface area contributed by atoms with E-state index >= 15 is 0 Å². The molecule has 1 unspecified atom stereocenters. The molecule has 1 fully saturated rings. The van der Waals surface area contributed by atoms with Gasteiger partial charge in [-0.2, -0.15) is 0 Å². The number of amides is 2. The molecule has 1 aliphatic rings. The van der Waals surface area contributed by atoms with Crippen molar-refractivity contribution >= 4 is 21.7 Å². The molecule has 8 heteroatoms. The van der Waals surface area contributed by atoms with Gasteiger partial charge in [0.2, 0.25) is 11.8 Å². The van der Waals surface area contributed by atoms with Crippen molar-refractivity contribution in [2.45, 2.75) is 6.04 Å². The molecule has 0 aliphatic carbocycles. The van der Waals surface area contributed by atoms with Crippen LogP contribution in [-0.2, 0) is 19.4 Å². The topological polar surface area (TPSA) is 110 Å². The number of nitrogens with zero attached hydrogens (tertiary/aromatic N) is 1. The van der Waals surface area contributed by atoms with E-state index < -0.39 is 33.4 Å². The summed E-state index contributed by atoms with van der Waals surface area (Å²) in [4.78, 5) is 23.9. The Morgan fingerprint density at radius 1 is 1.50 bits per heavy atom. The van der Waals surface area contributed by atoms with Crippen LogP contribution in [0.5, 0.6) is 0 Å². The molecule has 0 radical (unpaired) electrons. The second kappa shape index (κ2) is 4.79. The van der Waals surface area contributed by atoms with Gasteiger partial charge in [0.25, 0.3) is 0 Å². The Morgan fingerprint density at radius 3 is 2.62 bits per heavy atom. The molecule has 0 spiro atoms. The lowest BCUT2D eigenvalue weighted by Crippen LogP contribution is -2.59. The van der Waals surface area contributed by atoms with Crippen LogP contribution in [-0.4, -0.2) is 62.8 Å². The molecule has 16 heavy (non-hydrogen) atoms. The summed E-state index contributed by atoms with van der Waals surface area (Å²) < 4.78 is 22.0. The van der Waals surface area contributed by atoms with Crippen LogP contribution >= 0.6 is 0 Å². The van der Waals surface area contributed by atoms with Crippen molar-refractivity contribution < 1.29 is 18.0 Å². The predicted molar refractivity (Wildman–Crippen MR) is 57.3 cm³/mol. The van der Waals surface area contributed by atoms with Crippen molar-refractivity contribution in [2.75, 3.05) is 31.6 Å². The molecule has 1 aliphatic heterocycles. The average molecular weight is 249 g/mol. The fourth-order valence-electron chi connectivity index (χ4n) is 1.56. The Hall–Kier alpha value is -1.15. The van der Waals surface area contributed by atoms with Gasteiger partial charge < -0.3 is 16.0 Å². The van der Waals surface area contributed by atoms with Gasteiger partial charge in [-0.15, -0.1) is 0 Å². The lowest BCUT2D eigenvalue weighted by Gasteiger charge is -2.34. The number of primary amides is 1. The molecule has 7 nitrogen and oxygen atoms in total. The van der Waals surface area contributed by atoms with Gasteiger partial charge in [0, 0.05) is 25.9 Å². The van der Waals surface area contributed by atoms with E-state index in [1.165, 1.54) is 4.90 Å². The zero-order chi connectivity index (χ0) is 12.3. The first-order chi connectivity index (χ1) is 7.31. The number of nitrogens with one attached hydrogen (secondary N) is 1. The van der Waals surface area contributed by atoms with E-state index in [4.69, 9.17) is 5.73 Å². The summed E-state index contributed by atoms with van der Waals surface area (Å²) in [6, 6.07) is -0.761. The van der Waals surface area contributed by atoms with E-state index in [0.717, 1.165) is 6.26 Å². The van der Waals surface area contributed by atoms with Crippen LogP contribution in [0.4, 0.5) is 0 Å². The summed E-state index contributed by atoms with van der Waals surface area (Å²) in [6.07, 6.45) is 0.979. The lowest BCUT2D eigenvalue weighted by atomic mass is 10.2. The molecule has 1 heterocycles. The molecular formula is C8H15N3O4S. The number of nitrogens with two attached hydrogens (primary N) is 1. The Balaban J connectivity index is 2.76. The van der Waals surface area contributed by atoms with Crippen LogP contribution in [0.25, 0.3) is 0 Å². The smallest absolute Gasteiger partial charge is 0.241 e. The quantitative estimate of drug-likeness (QED) is 0.566. The highest BCUT2D eigenvalue weighted by molar-refractivity contribution is 7.91. The number of carbonyl (C=O) groups excluding carboxylic acids is 2. The number of hydrogen-bond acceptors (Lipinski definition) is 5. The van der Waals surface area contributed by atoms with Crippen molar-refractivity contribution in [3.05, 3.63) is 0 Å². The van der Waals surface area contributed by atoms with Crippen molar-refractivity contribution in [3.8, 4) is 0 Å². The third-order valence-electron chi connectivity index (χ3n) is 2.28. The lowest BCUT2D eigenvalue weighted by molar-refractivity contribution is -0.138. The first-order valence-electron chi connectivity index (χ1n) is 4.78. The van der Waals surface area contributed by atoms with Crippen molar-refractivity contribution in [1.29, 1.82) is 0 Å². The summed E-state index contributed by atoms with van der Waals surface area (Å²) in [5.74, 6) is -1.79. The highest BCUT2D eigenvalue weighted by Crippen LogP contribution is 2.04. The minimum absolute atomic E-state index is 0.269. The van der Waals surface area contributed by atoms with Crippen LogP contribution in [0.15, 0.2) is 0 Å². The minimum atomic E-state index is -3.39. The Morgan fingerprint density at radius 2 is 2.12 bits per heavy atom. The van der Waals surface area contributed by atoms with Gasteiger partial charge in [0.15, 0.2) is 9.84 Å². The highest BCUT2D eigenvalue weighted by Gasteiger charge is 2.31. The van der Waals surface area contributed by atoms with Crippen LogP contribution in [0.3, 0.4) is 0 Å². The average Bonchev–Trinajstić information content (AvgIpc) is 2.15. The molecule has 0 aromatic rings. The molecule has 0 aromatic carbocycles. The van der Waals surface area contributed by atoms with Crippen LogP contribution in [0.2, 0.25) is 0 Å². The van der Waals surface area contributed by atoms with E-state index in [9.17, 15) is 18.0 Å². The molecular weight excluding hydrogens is 234 g/mol. The second-order valence-corrected chi connectivity index (χ2v) is 5.92. The largest absolute Gasteiger partial charge is 0.368 e. The van der Waals surface area contributed by atoms with Gasteiger partial charge in [-0.05, 0) is 0 Å². The summed E-state index contributed by atoms with van der Waals surface area (Å²) in [6.45, 7) is 1.09. The maximum Gasteiger partial charge on any atom is 0.241 e. The van der Waals surface area contributed by atoms with Crippen molar-refractivity contribution in [1.82, 2.24) is 10.2 Å². The maximum absolute atomic E-state index is 11.6. The van der Waals surface area contributed by atoms with Crippen LogP contribution in [0.1, 0.15) is 0 Å². The van der Waals surface area contributed by atoms with Crippen LogP contribution < -0.4 is 11.1 Å². The van der Waals surface area contributed by atoms with Gasteiger partial charge in [0.05, 0.1) is 0 Å². The van der Waals surface area contributed by atoms with Gasteiger partial charge >= 0.3 is 0 Å². The molecule has 0 saturated carbocycles. The number of rotatable bonds is 3. The van der Waals surface area contributed by atoms with Crippen molar-refractivity contribution in [2.24, 2.45) is 5.73 Å². The van der Waals surface area contributed by atoms with Gasteiger partial charge in [-0.25, -0.2) is 8.42 Å². The molecule has 1 atom stereocenters. The third kappa shape index (κ3) is 3.46. The Bertz CT molecular complexity index is 392. The summed E-state index contributed by atoms with van der Waals surface area (Å²) >= 11 is 0. The summed E-state index contributed by atoms with van der Waals surface area (Å²) in [5, 5.41) is 2.92. The Labute approximate surface area is 93.9 Å². The number of carbonyl (C=O) groups is 2. The molecule has 1 rings (SSSR count). The monoisotopic (exact) mass is 249 g/mol. The first kappa shape index (κ1) is 12.9. The summed E-state index contributed by atoms with van der Waals surface area (Å²) in [7, 11) is -3.39. The van der Waals surface area contributed by atoms with E-state index in [1.54, 1.807) is 0 Å². The minimum Gasteiger partial charge on any atom is -0.368 e. The van der Waals surface area contributed by atoms with Gasteiger partial charge in [0.1, 0.15) is 11.8 Å². The summed E-state index contributed by atoms with van der Waals surface area (Å²) in [5.41, 5.74) is 5.14. The number of hydrogen-bond donors (Lipinski definition) is 2. The van der Waals surface area contributed by atoms with Crippen LogP contribution in [0, 0.1) is 0 Å². The number of piperazine rings is 1. The van der Waals surface area contributed by atoms with E-state index in [2.05, 4.69) is 5.32 Å². The second-order valence-electron chi connectivity index (χ2n) is 3.78. The molecule has 2 amide bonds.